The van der Waals surface area contributed by atoms with Gasteiger partial charge in [0.15, 0.2) is 0 Å². The van der Waals surface area contributed by atoms with Gasteiger partial charge in [0.05, 0.1) is 6.61 Å². The molecule has 0 spiro atoms. The largest absolute Gasteiger partial charge is 0.392 e. The van der Waals surface area contributed by atoms with Crippen molar-refractivity contribution in [3.8, 4) is 0 Å². The van der Waals surface area contributed by atoms with E-state index in [9.17, 15) is 0 Å². The molecule has 0 aromatic rings. The van der Waals surface area contributed by atoms with Gasteiger partial charge in [-0.05, 0) is 22.5 Å². The molecule has 2 rings (SSSR count). The summed E-state index contributed by atoms with van der Waals surface area (Å²) in [5.41, 5.74) is 1.36. The molecule has 0 aromatic heterocycles. The predicted octanol–water partition coefficient (Wildman–Crippen LogP) is 3.56. The van der Waals surface area contributed by atoms with Gasteiger partial charge >= 0.3 is 0 Å². The highest BCUT2D eigenvalue weighted by molar-refractivity contribution is 9.17. The number of aliphatic hydroxyl groups is 1. The molecule has 0 bridgehead atoms. The molecule has 4 heteroatoms. The van der Waals surface area contributed by atoms with E-state index in [0.717, 1.165) is 5.57 Å². The molecule has 0 aromatic carbocycles. The quantitative estimate of drug-likeness (QED) is 0.564. The van der Waals surface area contributed by atoms with E-state index in [1.165, 1.54) is 9.77 Å². The van der Waals surface area contributed by atoms with Crippen LogP contribution in [0.3, 0.4) is 0 Å². The fourth-order valence-electron chi connectivity index (χ4n) is 1.21. The molecule has 2 heterocycles. The van der Waals surface area contributed by atoms with Crippen molar-refractivity contribution in [2.45, 2.75) is 20.8 Å². The minimum absolute atomic E-state index is 0.181. The van der Waals surface area contributed by atoms with Crippen molar-refractivity contribution in [3.05, 3.63) is 22.0 Å². The number of rotatable bonds is 1. The summed E-state index contributed by atoms with van der Waals surface area (Å²) in [6.07, 6.45) is 2.27. The topological polar surface area (TPSA) is 20.2 Å². The van der Waals surface area contributed by atoms with Crippen molar-refractivity contribution in [2.75, 3.05) is 6.61 Å². The molecule has 0 fully saturated rings. The third-order valence-electron chi connectivity index (χ3n) is 2.11. The molecule has 1 unspecified atom stereocenters. The van der Waals surface area contributed by atoms with E-state index in [-0.39, 0.29) is 20.6 Å². The summed E-state index contributed by atoms with van der Waals surface area (Å²) in [6.45, 7) is 6.90. The van der Waals surface area contributed by atoms with Crippen LogP contribution in [0.15, 0.2) is 22.0 Å². The lowest BCUT2D eigenvalue weighted by Crippen LogP contribution is -2.06. The van der Waals surface area contributed by atoms with Crippen LogP contribution in [-0.2, 0) is 0 Å². The highest BCUT2D eigenvalue weighted by atomic mass is 33.5. The second-order valence-electron chi connectivity index (χ2n) is 4.34. The monoisotopic (exact) mass is 246 g/mol. The first-order chi connectivity index (χ1) is 6.52. The molecule has 2 aliphatic heterocycles. The second-order valence-corrected chi connectivity index (χ2v) is 9.99. The standard InChI is InChI=1S/C10H14OS3/c1-10(2,3)9-4-8-7(5-11)6-12-14(8)13-9/h4,6,11H,5H2,1-3H3. The summed E-state index contributed by atoms with van der Waals surface area (Å²) in [4.78, 5) is 2.80. The third kappa shape index (κ3) is 1.85. The van der Waals surface area contributed by atoms with Crippen LogP contribution in [0.1, 0.15) is 20.8 Å². The second kappa shape index (κ2) is 3.74. The van der Waals surface area contributed by atoms with Crippen LogP contribution in [0.5, 0.6) is 0 Å². The summed E-state index contributed by atoms with van der Waals surface area (Å²) < 4.78 is 0. The molecular formula is C10H14OS3. The van der Waals surface area contributed by atoms with E-state index >= 15 is 0 Å². The van der Waals surface area contributed by atoms with Gasteiger partial charge in [-0.25, -0.2) is 0 Å². The van der Waals surface area contributed by atoms with Gasteiger partial charge in [-0.1, -0.05) is 50.9 Å². The molecule has 1 nitrogen and oxygen atoms in total. The van der Waals surface area contributed by atoms with Gasteiger partial charge in [0.25, 0.3) is 0 Å². The lowest BCUT2D eigenvalue weighted by atomic mass is 9.95. The normalized spacial score (nSPS) is 26.3. The van der Waals surface area contributed by atoms with Crippen LogP contribution in [0.4, 0.5) is 0 Å². The molecule has 0 saturated heterocycles. The van der Waals surface area contributed by atoms with Crippen molar-refractivity contribution in [3.63, 3.8) is 0 Å². The highest BCUT2D eigenvalue weighted by Gasteiger charge is 2.29. The number of allylic oxidation sites excluding steroid dienone is 2. The van der Waals surface area contributed by atoms with Gasteiger partial charge in [-0.15, -0.1) is 0 Å². The van der Waals surface area contributed by atoms with Crippen LogP contribution >= 0.6 is 30.1 Å². The summed E-state index contributed by atoms with van der Waals surface area (Å²) in [6, 6.07) is 0. The minimum Gasteiger partial charge on any atom is -0.392 e. The average molecular weight is 246 g/mol. The van der Waals surface area contributed by atoms with Crippen LogP contribution in [-0.4, -0.2) is 16.6 Å². The lowest BCUT2D eigenvalue weighted by molar-refractivity contribution is 0.338. The summed E-state index contributed by atoms with van der Waals surface area (Å²) in [5.74, 6) is 0. The summed E-state index contributed by atoms with van der Waals surface area (Å²) in [5, 5.41) is 11.3. The van der Waals surface area contributed by atoms with Gasteiger partial charge in [0, 0.05) is 9.77 Å². The summed E-state index contributed by atoms with van der Waals surface area (Å²) in [7, 11) is 4.03. The maximum Gasteiger partial charge on any atom is 0.0698 e. The molecule has 78 valence electrons. The third-order valence-corrected chi connectivity index (χ3v) is 8.67. The zero-order chi connectivity index (χ0) is 10.3. The van der Waals surface area contributed by atoms with Gasteiger partial charge < -0.3 is 5.11 Å². The Balaban J connectivity index is 2.25. The van der Waals surface area contributed by atoms with Crippen molar-refractivity contribution >= 4 is 35.0 Å². The predicted molar refractivity (Wildman–Crippen MR) is 70.5 cm³/mol. The van der Waals surface area contributed by atoms with E-state index in [0.29, 0.717) is 0 Å². The number of aliphatic hydroxyl groups excluding tert-OH is 1. The van der Waals surface area contributed by atoms with Crippen molar-refractivity contribution in [1.29, 1.82) is 0 Å². The maximum atomic E-state index is 9.17. The Morgan fingerprint density at radius 1 is 1.43 bits per heavy atom. The van der Waals surface area contributed by atoms with E-state index in [1.807, 2.05) is 21.6 Å². The first-order valence-electron chi connectivity index (χ1n) is 4.51. The van der Waals surface area contributed by atoms with Gasteiger partial charge in [-0.2, -0.15) is 0 Å². The average Bonchev–Trinajstić information content (AvgIpc) is 2.58. The molecule has 1 N–H and O–H groups in total. The van der Waals surface area contributed by atoms with Crippen molar-refractivity contribution < 1.29 is 5.11 Å². The van der Waals surface area contributed by atoms with E-state index in [4.69, 9.17) is 5.11 Å². The zero-order valence-corrected chi connectivity index (χ0v) is 11.0. The van der Waals surface area contributed by atoms with Crippen LogP contribution in [0, 0.1) is 5.41 Å². The summed E-state index contributed by atoms with van der Waals surface area (Å²) >= 11 is 0. The van der Waals surface area contributed by atoms with E-state index in [2.05, 4.69) is 32.3 Å². The van der Waals surface area contributed by atoms with Crippen LogP contribution in [0.25, 0.3) is 0 Å². The molecule has 0 aliphatic carbocycles. The SMILES string of the molecule is CC(C)(C)C1=CC2=S(SC=C2CO)S1. The van der Waals surface area contributed by atoms with Crippen LogP contribution in [0.2, 0.25) is 0 Å². The Bertz CT molecular complexity index is 358. The maximum absolute atomic E-state index is 9.17. The van der Waals surface area contributed by atoms with E-state index < -0.39 is 0 Å². The molecule has 2 aliphatic rings. The molecule has 0 radical (unpaired) electrons. The first kappa shape index (κ1) is 10.9. The van der Waals surface area contributed by atoms with Crippen molar-refractivity contribution in [2.24, 2.45) is 5.41 Å². The number of hydrogen-bond acceptors (Lipinski definition) is 3. The Morgan fingerprint density at radius 3 is 2.71 bits per heavy atom. The van der Waals surface area contributed by atoms with Gasteiger partial charge in [0.2, 0.25) is 0 Å². The number of hydrogen-bond donors (Lipinski definition) is 1. The smallest absolute Gasteiger partial charge is 0.0698 e. The van der Waals surface area contributed by atoms with Crippen LogP contribution < -0.4 is 0 Å². The Morgan fingerprint density at radius 2 is 2.14 bits per heavy atom. The van der Waals surface area contributed by atoms with Gasteiger partial charge in [0.1, 0.15) is 0 Å². The van der Waals surface area contributed by atoms with E-state index in [1.54, 1.807) is 0 Å². The first-order valence-corrected chi connectivity index (χ1v) is 8.47. The van der Waals surface area contributed by atoms with Crippen molar-refractivity contribution in [1.82, 2.24) is 0 Å². The lowest BCUT2D eigenvalue weighted by Gasteiger charge is -2.19. The Kier molecular flexibility index (Phi) is 2.90. The molecular weight excluding hydrogens is 232 g/mol. The highest BCUT2D eigenvalue weighted by Crippen LogP contribution is 2.61. The molecule has 0 amide bonds. The fourth-order valence-corrected chi connectivity index (χ4v) is 8.11. The van der Waals surface area contributed by atoms with Gasteiger partial charge in [-0.3, -0.25) is 0 Å². The molecule has 14 heavy (non-hydrogen) atoms. The minimum atomic E-state index is 0.181. The molecule has 1 atom stereocenters. The Hall–Kier alpha value is 0.360. The zero-order valence-electron chi connectivity index (χ0n) is 8.53. The Labute approximate surface area is 94.8 Å². The fraction of sp³-hybridized carbons (Fsp3) is 0.500. The molecule has 0 saturated carbocycles.